The number of sulfone groups is 1. The molecule has 182 valence electrons. The highest BCUT2D eigenvalue weighted by Crippen LogP contribution is 2.31. The normalized spacial score (nSPS) is 15.9. The molecule has 0 atom stereocenters. The number of sulfonamides is 1. The van der Waals surface area contributed by atoms with Gasteiger partial charge in [-0.1, -0.05) is 23.7 Å². The van der Waals surface area contributed by atoms with Crippen molar-refractivity contribution in [2.75, 3.05) is 15.9 Å². The van der Waals surface area contributed by atoms with Gasteiger partial charge in [-0.3, -0.25) is 20.3 Å². The van der Waals surface area contributed by atoms with Gasteiger partial charge in [0.1, 0.15) is 10.7 Å². The van der Waals surface area contributed by atoms with E-state index in [1.165, 1.54) is 12.1 Å². The first-order chi connectivity index (χ1) is 16.5. The summed E-state index contributed by atoms with van der Waals surface area (Å²) in [6, 6.07) is 12.3. The summed E-state index contributed by atoms with van der Waals surface area (Å²) < 4.78 is 67.0. The molecule has 4 rings (SSSR count). The fourth-order valence-electron chi connectivity index (χ4n) is 3.40. The zero-order valence-electron chi connectivity index (χ0n) is 17.6. The number of halogens is 2. The van der Waals surface area contributed by atoms with Crippen LogP contribution in [0.3, 0.4) is 0 Å². The first kappa shape index (κ1) is 24.6. The number of non-ortho nitro benzene ring substituents is 1. The van der Waals surface area contributed by atoms with Gasteiger partial charge in [0.05, 0.1) is 37.7 Å². The number of nitro benzene ring substituents is 1. The number of para-hydroxylation sites is 1. The summed E-state index contributed by atoms with van der Waals surface area (Å²) in [6.45, 7) is 0. The van der Waals surface area contributed by atoms with Crippen LogP contribution in [0.4, 0.5) is 21.5 Å². The molecular formula is C21H16ClFN4O6S2. The second-order valence-electron chi connectivity index (χ2n) is 7.40. The Hall–Kier alpha value is -3.55. The van der Waals surface area contributed by atoms with Gasteiger partial charge >= 0.3 is 0 Å². The van der Waals surface area contributed by atoms with Gasteiger partial charge in [-0.15, -0.1) is 0 Å². The van der Waals surface area contributed by atoms with E-state index in [1.807, 2.05) is 0 Å². The molecule has 1 heterocycles. The highest BCUT2D eigenvalue weighted by Gasteiger charge is 2.29. The van der Waals surface area contributed by atoms with Crippen molar-refractivity contribution in [3.05, 3.63) is 87.2 Å². The van der Waals surface area contributed by atoms with Crippen molar-refractivity contribution in [2.45, 2.75) is 16.2 Å². The minimum absolute atomic E-state index is 0.0456. The van der Waals surface area contributed by atoms with E-state index in [-0.39, 0.29) is 44.7 Å². The van der Waals surface area contributed by atoms with E-state index in [4.69, 9.17) is 11.6 Å². The van der Waals surface area contributed by atoms with Crippen LogP contribution in [0, 0.1) is 15.9 Å². The molecule has 3 aromatic rings. The minimum atomic E-state index is -4.39. The van der Waals surface area contributed by atoms with Crippen LogP contribution in [0.2, 0.25) is 5.02 Å². The number of hydrogen-bond acceptors (Lipinski definition) is 8. The fourth-order valence-corrected chi connectivity index (χ4v) is 6.37. The smallest absolute Gasteiger partial charge is 0.270 e. The maximum atomic E-state index is 13.8. The summed E-state index contributed by atoms with van der Waals surface area (Å²) in [4.78, 5) is 9.92. The van der Waals surface area contributed by atoms with Gasteiger partial charge in [-0.25, -0.2) is 21.2 Å². The molecule has 2 N–H and O–H groups in total. The number of rotatable bonds is 6. The molecule has 10 nitrogen and oxygen atoms in total. The van der Waals surface area contributed by atoms with Crippen LogP contribution in [-0.2, 0) is 19.9 Å². The van der Waals surface area contributed by atoms with E-state index in [1.54, 1.807) is 12.1 Å². The number of hydrazone groups is 1. The lowest BCUT2D eigenvalue weighted by Gasteiger charge is -2.19. The third-order valence-electron chi connectivity index (χ3n) is 5.09. The van der Waals surface area contributed by atoms with Gasteiger partial charge in [0.25, 0.3) is 15.7 Å². The van der Waals surface area contributed by atoms with Gasteiger partial charge in [0, 0.05) is 24.1 Å². The van der Waals surface area contributed by atoms with Gasteiger partial charge in [0.15, 0.2) is 9.84 Å². The first-order valence-corrected chi connectivity index (χ1v) is 13.4. The molecule has 0 aliphatic carbocycles. The van der Waals surface area contributed by atoms with Crippen LogP contribution in [0.1, 0.15) is 12.0 Å². The summed E-state index contributed by atoms with van der Waals surface area (Å²) in [7, 11) is -8.02. The third kappa shape index (κ3) is 5.11. The van der Waals surface area contributed by atoms with Crippen LogP contribution >= 0.6 is 11.6 Å². The number of fused-ring (bicyclic) bond motifs is 1. The standard InChI is InChI=1S/C21H16ClFN4O6S2/c22-16-3-1-2-4-18(16)26-35(32,33)21-12-14(27(28)29)6-7-19(21)25-24-17-9-10-34(30,31)20-8-5-13(23)11-15(17)20/h1-8,11-12,25-26H,9-10H2/b24-17+. The van der Waals surface area contributed by atoms with Crippen molar-refractivity contribution >= 4 is 54.2 Å². The lowest BCUT2D eigenvalue weighted by Crippen LogP contribution is -2.23. The predicted molar refractivity (Wildman–Crippen MR) is 129 cm³/mol. The lowest BCUT2D eigenvalue weighted by atomic mass is 10.1. The Labute approximate surface area is 204 Å². The van der Waals surface area contributed by atoms with Crippen LogP contribution in [0.5, 0.6) is 0 Å². The Balaban J connectivity index is 1.76. The van der Waals surface area contributed by atoms with Gasteiger partial charge in [-0.2, -0.15) is 5.10 Å². The zero-order chi connectivity index (χ0) is 25.4. The highest BCUT2D eigenvalue weighted by molar-refractivity contribution is 7.93. The summed E-state index contributed by atoms with van der Waals surface area (Å²) in [5, 5.41) is 15.5. The maximum absolute atomic E-state index is 13.8. The number of nitro groups is 1. The van der Waals surface area contributed by atoms with Crippen molar-refractivity contribution < 1.29 is 26.1 Å². The summed E-state index contributed by atoms with van der Waals surface area (Å²) >= 11 is 6.03. The average Bonchev–Trinajstić information content (AvgIpc) is 2.79. The van der Waals surface area contributed by atoms with Gasteiger partial charge < -0.3 is 0 Å². The van der Waals surface area contributed by atoms with Crippen LogP contribution in [0.25, 0.3) is 0 Å². The van der Waals surface area contributed by atoms with Gasteiger partial charge in [0.2, 0.25) is 0 Å². The quantitative estimate of drug-likeness (QED) is 0.271. The van der Waals surface area contributed by atoms with Crippen molar-refractivity contribution in [3.8, 4) is 0 Å². The van der Waals surface area contributed by atoms with Crippen molar-refractivity contribution in [2.24, 2.45) is 5.10 Å². The lowest BCUT2D eigenvalue weighted by molar-refractivity contribution is -0.385. The van der Waals surface area contributed by atoms with Crippen LogP contribution < -0.4 is 10.1 Å². The monoisotopic (exact) mass is 538 g/mol. The minimum Gasteiger partial charge on any atom is -0.278 e. The Morgan fingerprint density at radius 3 is 2.51 bits per heavy atom. The Morgan fingerprint density at radius 2 is 1.80 bits per heavy atom. The van der Waals surface area contributed by atoms with E-state index in [0.29, 0.717) is 0 Å². The molecule has 1 aliphatic rings. The number of nitrogens with zero attached hydrogens (tertiary/aromatic N) is 2. The van der Waals surface area contributed by atoms with E-state index < -0.39 is 41.2 Å². The van der Waals surface area contributed by atoms with Crippen molar-refractivity contribution in [1.82, 2.24) is 0 Å². The molecule has 3 aromatic carbocycles. The molecular weight excluding hydrogens is 523 g/mol. The average molecular weight is 539 g/mol. The Kier molecular flexibility index (Phi) is 6.49. The molecule has 0 aromatic heterocycles. The largest absolute Gasteiger partial charge is 0.278 e. The van der Waals surface area contributed by atoms with Crippen LogP contribution in [0.15, 0.2) is 75.6 Å². The summed E-state index contributed by atoms with van der Waals surface area (Å²) in [5.74, 6) is -0.942. The molecule has 14 heteroatoms. The fraction of sp³-hybridized carbons (Fsp3) is 0.0952. The molecule has 0 radical (unpaired) electrons. The molecule has 1 aliphatic heterocycles. The maximum Gasteiger partial charge on any atom is 0.270 e. The number of nitrogens with one attached hydrogen (secondary N) is 2. The van der Waals surface area contributed by atoms with Crippen LogP contribution in [-0.4, -0.2) is 33.2 Å². The zero-order valence-corrected chi connectivity index (χ0v) is 20.0. The molecule has 0 unspecified atom stereocenters. The van der Waals surface area contributed by atoms with E-state index in [0.717, 1.165) is 36.4 Å². The second-order valence-corrected chi connectivity index (χ2v) is 11.5. The van der Waals surface area contributed by atoms with Crippen molar-refractivity contribution in [1.29, 1.82) is 0 Å². The topological polar surface area (TPSA) is 148 Å². The van der Waals surface area contributed by atoms with Crippen molar-refractivity contribution in [3.63, 3.8) is 0 Å². The van der Waals surface area contributed by atoms with Gasteiger partial charge in [-0.05, 0) is 36.4 Å². The van der Waals surface area contributed by atoms with E-state index in [2.05, 4.69) is 15.2 Å². The molecule has 35 heavy (non-hydrogen) atoms. The Bertz CT molecular complexity index is 1590. The highest BCUT2D eigenvalue weighted by atomic mass is 35.5. The summed E-state index contributed by atoms with van der Waals surface area (Å²) in [6.07, 6.45) is -0.0568. The summed E-state index contributed by atoms with van der Waals surface area (Å²) in [5.41, 5.74) is 2.20. The predicted octanol–water partition coefficient (Wildman–Crippen LogP) is 4.18. The number of benzene rings is 3. The molecule has 0 fully saturated rings. The molecule has 0 saturated heterocycles. The first-order valence-electron chi connectivity index (χ1n) is 9.89. The molecule has 0 bridgehead atoms. The van der Waals surface area contributed by atoms with E-state index in [9.17, 15) is 31.3 Å². The Morgan fingerprint density at radius 1 is 1.06 bits per heavy atom. The molecule has 0 spiro atoms. The second kappa shape index (κ2) is 9.24. The third-order valence-corrected chi connectivity index (χ3v) is 8.59. The van der Waals surface area contributed by atoms with E-state index >= 15 is 0 Å². The molecule has 0 saturated carbocycles. The molecule has 0 amide bonds. The number of hydrogen-bond donors (Lipinski definition) is 2. The SMILES string of the molecule is O=[N+]([O-])c1ccc(N/N=C2\CCS(=O)(=O)c3ccc(F)cc32)c(S(=O)(=O)Nc2ccccc2Cl)c1. The number of anilines is 2.